The van der Waals surface area contributed by atoms with Crippen LogP contribution < -0.4 is 0 Å². The van der Waals surface area contributed by atoms with E-state index in [1.54, 1.807) is 0 Å². The highest BCUT2D eigenvalue weighted by atomic mass is 16.1. The van der Waals surface area contributed by atoms with E-state index in [1.807, 2.05) is 13.0 Å². The molecule has 0 amide bonds. The van der Waals surface area contributed by atoms with Crippen molar-refractivity contribution in [3.8, 4) is 11.3 Å². The van der Waals surface area contributed by atoms with E-state index in [9.17, 15) is 4.79 Å². The summed E-state index contributed by atoms with van der Waals surface area (Å²) >= 11 is 0. The molecule has 0 aliphatic heterocycles. The molecule has 0 N–H and O–H groups in total. The highest BCUT2D eigenvalue weighted by molar-refractivity contribution is 5.90. The fraction of sp³-hybridized carbons (Fsp3) is 0.312. The van der Waals surface area contributed by atoms with E-state index in [-0.39, 0.29) is 5.78 Å². The summed E-state index contributed by atoms with van der Waals surface area (Å²) in [6, 6.07) is 8.41. The van der Waals surface area contributed by atoms with E-state index in [1.165, 1.54) is 30.9 Å². The lowest BCUT2D eigenvalue weighted by Crippen LogP contribution is -2.03. The van der Waals surface area contributed by atoms with Crippen molar-refractivity contribution in [3.05, 3.63) is 46.9 Å². The highest BCUT2D eigenvalue weighted by Crippen LogP contribution is 2.27. The Morgan fingerprint density at radius 2 is 1.89 bits per heavy atom. The van der Waals surface area contributed by atoms with Gasteiger partial charge in [-0.15, -0.1) is 0 Å². The first-order chi connectivity index (χ1) is 9.13. The number of aryl methyl sites for hydroxylation is 3. The third kappa shape index (κ3) is 2.28. The van der Waals surface area contributed by atoms with E-state index in [4.69, 9.17) is 0 Å². The number of benzene rings is 1. The summed E-state index contributed by atoms with van der Waals surface area (Å²) < 4.78 is 0. The smallest absolute Gasteiger partial charge is 0.196 e. The van der Waals surface area contributed by atoms with E-state index in [0.29, 0.717) is 5.82 Å². The van der Waals surface area contributed by atoms with Gasteiger partial charge in [0.1, 0.15) is 0 Å². The third-order valence-electron chi connectivity index (χ3n) is 3.56. The molecule has 3 nitrogen and oxygen atoms in total. The molecule has 2 aromatic rings. The molecule has 3 heteroatoms. The molecular formula is C16H16N2O. The zero-order valence-electron chi connectivity index (χ0n) is 11.2. The Morgan fingerprint density at radius 1 is 1.11 bits per heavy atom. The Kier molecular flexibility index (Phi) is 2.90. The van der Waals surface area contributed by atoms with E-state index >= 15 is 0 Å². The first kappa shape index (κ1) is 12.0. The van der Waals surface area contributed by atoms with Gasteiger partial charge in [0.25, 0.3) is 0 Å². The number of hydrogen-bond acceptors (Lipinski definition) is 3. The topological polar surface area (TPSA) is 42.9 Å². The van der Waals surface area contributed by atoms with Gasteiger partial charge in [0.15, 0.2) is 11.6 Å². The molecule has 0 saturated carbocycles. The molecule has 0 bridgehead atoms. The molecule has 0 saturated heterocycles. The predicted octanol–water partition coefficient (Wildman–Crippen LogP) is 3.14. The molecule has 0 fully saturated rings. The van der Waals surface area contributed by atoms with Crippen LogP contribution in [-0.4, -0.2) is 15.8 Å². The van der Waals surface area contributed by atoms with E-state index < -0.39 is 0 Å². The lowest BCUT2D eigenvalue weighted by Gasteiger charge is -2.06. The number of nitrogens with zero attached hydrogens (tertiary/aromatic N) is 2. The van der Waals surface area contributed by atoms with Crippen LogP contribution in [0.4, 0.5) is 0 Å². The second kappa shape index (κ2) is 4.57. The SMILES string of the molecule is CC(=O)c1nc(C)cc(-c2ccc3c(c2)CCC3)n1. The van der Waals surface area contributed by atoms with Crippen molar-refractivity contribution in [1.29, 1.82) is 0 Å². The monoisotopic (exact) mass is 252 g/mol. The molecule has 0 spiro atoms. The fourth-order valence-corrected chi connectivity index (χ4v) is 2.61. The maximum absolute atomic E-state index is 11.4. The molecule has 0 unspecified atom stereocenters. The summed E-state index contributed by atoms with van der Waals surface area (Å²) in [6.45, 7) is 3.40. The van der Waals surface area contributed by atoms with Gasteiger partial charge in [0.2, 0.25) is 0 Å². The van der Waals surface area contributed by atoms with Gasteiger partial charge >= 0.3 is 0 Å². The molecule has 1 heterocycles. The molecule has 0 atom stereocenters. The highest BCUT2D eigenvalue weighted by Gasteiger charge is 2.13. The van der Waals surface area contributed by atoms with Gasteiger partial charge in [-0.25, -0.2) is 9.97 Å². The number of carbonyl (C=O) groups is 1. The second-order valence-electron chi connectivity index (χ2n) is 5.11. The van der Waals surface area contributed by atoms with Crippen LogP contribution in [-0.2, 0) is 12.8 Å². The Labute approximate surface area is 112 Å². The Balaban J connectivity index is 2.09. The Bertz CT molecular complexity index is 662. The van der Waals surface area contributed by atoms with Crippen molar-refractivity contribution in [2.45, 2.75) is 33.1 Å². The minimum Gasteiger partial charge on any atom is -0.291 e. The molecule has 19 heavy (non-hydrogen) atoms. The summed E-state index contributed by atoms with van der Waals surface area (Å²) in [6.07, 6.45) is 3.56. The van der Waals surface area contributed by atoms with Crippen molar-refractivity contribution < 1.29 is 4.79 Å². The van der Waals surface area contributed by atoms with Gasteiger partial charge in [0.05, 0.1) is 5.69 Å². The number of fused-ring (bicyclic) bond motifs is 1. The summed E-state index contributed by atoms with van der Waals surface area (Å²) in [4.78, 5) is 20.0. The Morgan fingerprint density at radius 3 is 2.68 bits per heavy atom. The van der Waals surface area contributed by atoms with Crippen LogP contribution in [0.15, 0.2) is 24.3 Å². The zero-order valence-corrected chi connectivity index (χ0v) is 11.2. The molecule has 1 aliphatic rings. The maximum atomic E-state index is 11.4. The van der Waals surface area contributed by atoms with Crippen molar-refractivity contribution >= 4 is 5.78 Å². The minimum atomic E-state index is -0.0916. The van der Waals surface area contributed by atoms with E-state index in [0.717, 1.165) is 23.4 Å². The molecule has 0 radical (unpaired) electrons. The zero-order chi connectivity index (χ0) is 13.4. The maximum Gasteiger partial charge on any atom is 0.196 e. The van der Waals surface area contributed by atoms with Crippen LogP contribution in [0.3, 0.4) is 0 Å². The van der Waals surface area contributed by atoms with Gasteiger partial charge < -0.3 is 0 Å². The predicted molar refractivity (Wildman–Crippen MR) is 74.2 cm³/mol. The summed E-state index contributed by atoms with van der Waals surface area (Å²) in [5.41, 5.74) is 5.61. The normalized spacial score (nSPS) is 13.4. The average molecular weight is 252 g/mol. The molecule has 96 valence electrons. The van der Waals surface area contributed by atoms with Crippen LogP contribution in [0.5, 0.6) is 0 Å². The lowest BCUT2D eigenvalue weighted by atomic mass is 10.0. The van der Waals surface area contributed by atoms with Crippen molar-refractivity contribution in [2.24, 2.45) is 0 Å². The summed E-state index contributed by atoms with van der Waals surface area (Å²) in [5.74, 6) is 0.210. The van der Waals surface area contributed by atoms with Crippen LogP contribution in [0.25, 0.3) is 11.3 Å². The number of aromatic nitrogens is 2. The quantitative estimate of drug-likeness (QED) is 0.771. The van der Waals surface area contributed by atoms with Gasteiger partial charge in [-0.05, 0) is 49.4 Å². The van der Waals surface area contributed by atoms with Crippen molar-refractivity contribution in [2.75, 3.05) is 0 Å². The van der Waals surface area contributed by atoms with Gasteiger partial charge in [-0.3, -0.25) is 4.79 Å². The molecule has 3 rings (SSSR count). The molecule has 1 aromatic carbocycles. The first-order valence-electron chi connectivity index (χ1n) is 6.62. The average Bonchev–Trinajstić information content (AvgIpc) is 2.85. The number of Topliss-reactive ketones (excluding diaryl/α,β-unsaturated/α-hetero) is 1. The van der Waals surface area contributed by atoms with Crippen LogP contribution in [0, 0.1) is 6.92 Å². The number of hydrogen-bond donors (Lipinski definition) is 0. The number of ketones is 1. The Hall–Kier alpha value is -2.03. The largest absolute Gasteiger partial charge is 0.291 e. The van der Waals surface area contributed by atoms with Gasteiger partial charge in [0, 0.05) is 18.2 Å². The standard InChI is InChI=1S/C16H16N2O/c1-10-8-15(18-16(17-10)11(2)19)14-7-6-12-4-3-5-13(12)9-14/h6-9H,3-5H2,1-2H3. The van der Waals surface area contributed by atoms with Crippen LogP contribution in [0.1, 0.15) is 40.8 Å². The summed E-state index contributed by atoms with van der Waals surface area (Å²) in [7, 11) is 0. The fourth-order valence-electron chi connectivity index (χ4n) is 2.61. The van der Waals surface area contributed by atoms with Crippen LogP contribution >= 0.6 is 0 Å². The second-order valence-corrected chi connectivity index (χ2v) is 5.11. The molecule has 1 aromatic heterocycles. The number of carbonyl (C=O) groups excluding carboxylic acids is 1. The summed E-state index contributed by atoms with van der Waals surface area (Å²) in [5, 5.41) is 0. The minimum absolute atomic E-state index is 0.0916. The van der Waals surface area contributed by atoms with Gasteiger partial charge in [-0.1, -0.05) is 12.1 Å². The van der Waals surface area contributed by atoms with Crippen molar-refractivity contribution in [3.63, 3.8) is 0 Å². The van der Waals surface area contributed by atoms with E-state index in [2.05, 4.69) is 28.2 Å². The third-order valence-corrected chi connectivity index (χ3v) is 3.56. The van der Waals surface area contributed by atoms with Gasteiger partial charge in [-0.2, -0.15) is 0 Å². The molecular weight excluding hydrogens is 236 g/mol. The van der Waals surface area contributed by atoms with Crippen LogP contribution in [0.2, 0.25) is 0 Å². The molecule has 1 aliphatic carbocycles. The van der Waals surface area contributed by atoms with Crippen molar-refractivity contribution in [1.82, 2.24) is 9.97 Å². The number of rotatable bonds is 2. The lowest BCUT2D eigenvalue weighted by molar-refractivity contribution is 0.100. The first-order valence-corrected chi connectivity index (χ1v) is 6.62.